The van der Waals surface area contributed by atoms with Gasteiger partial charge in [-0.1, -0.05) is 0 Å². The fourth-order valence-corrected chi connectivity index (χ4v) is 3.13. The minimum absolute atomic E-state index is 0. The molecular weight excluding hydrogens is 308 g/mol. The molecule has 0 aromatic carbocycles. The number of nitrogens with one attached hydrogen (secondary N) is 2. The Labute approximate surface area is 123 Å². The van der Waals surface area contributed by atoms with E-state index in [0.29, 0.717) is 6.54 Å². The summed E-state index contributed by atoms with van der Waals surface area (Å²) in [5, 5.41) is 2.83. The molecule has 0 amide bonds. The minimum atomic E-state index is -3.75. The summed E-state index contributed by atoms with van der Waals surface area (Å²) >= 11 is 0. The molecule has 0 spiro atoms. The van der Waals surface area contributed by atoms with Gasteiger partial charge in [0, 0.05) is 18.7 Å². The van der Waals surface area contributed by atoms with Crippen LogP contribution in [0, 0.1) is 0 Å². The van der Waals surface area contributed by atoms with Crippen LogP contribution in [0.3, 0.4) is 0 Å². The number of sulfonamides is 1. The van der Waals surface area contributed by atoms with E-state index in [1.54, 1.807) is 0 Å². The number of hydrogen-bond acceptors (Lipinski definition) is 6. The van der Waals surface area contributed by atoms with Crippen LogP contribution in [-0.4, -0.2) is 40.6 Å². The van der Waals surface area contributed by atoms with Gasteiger partial charge in [0.15, 0.2) is 0 Å². The van der Waals surface area contributed by atoms with E-state index in [-0.39, 0.29) is 29.1 Å². The molecule has 1 fully saturated rings. The Hall–Kier alpha value is -1.09. The molecular formula is C11H17ClN2O5S. The third-order valence-electron chi connectivity index (χ3n) is 2.88. The molecule has 0 saturated carbocycles. The molecule has 0 bridgehead atoms. The van der Waals surface area contributed by atoms with Crippen molar-refractivity contribution in [1.29, 1.82) is 0 Å². The van der Waals surface area contributed by atoms with Crippen molar-refractivity contribution in [3.63, 3.8) is 0 Å². The fourth-order valence-electron chi connectivity index (χ4n) is 1.91. The molecule has 1 unspecified atom stereocenters. The molecule has 114 valence electrons. The van der Waals surface area contributed by atoms with Crippen molar-refractivity contribution in [2.45, 2.75) is 24.0 Å². The van der Waals surface area contributed by atoms with Crippen molar-refractivity contribution in [2.75, 3.05) is 20.2 Å². The highest BCUT2D eigenvalue weighted by molar-refractivity contribution is 7.89. The standard InChI is InChI=1S/C11H16N2O5S.ClH/c1-17-11(14)8-5-10(18-7-8)19(15,16)13-9-3-2-4-12-6-9;/h5,7,9,12-13H,2-4,6H2,1H3;1H. The van der Waals surface area contributed by atoms with Gasteiger partial charge in [0.05, 0.1) is 12.7 Å². The number of carbonyl (C=O) groups excluding carboxylic acids is 1. The second-order valence-electron chi connectivity index (χ2n) is 4.31. The first-order valence-electron chi connectivity index (χ1n) is 5.93. The second kappa shape index (κ2) is 7.07. The number of rotatable bonds is 4. The monoisotopic (exact) mass is 324 g/mol. The molecule has 1 saturated heterocycles. The predicted molar refractivity (Wildman–Crippen MR) is 73.5 cm³/mol. The molecule has 7 nitrogen and oxygen atoms in total. The van der Waals surface area contributed by atoms with Gasteiger partial charge in [-0.3, -0.25) is 0 Å². The smallest absolute Gasteiger partial charge is 0.341 e. The summed E-state index contributed by atoms with van der Waals surface area (Å²) in [6.07, 6.45) is 2.76. The third-order valence-corrected chi connectivity index (χ3v) is 4.27. The molecule has 9 heteroatoms. The van der Waals surface area contributed by atoms with Crippen molar-refractivity contribution < 1.29 is 22.4 Å². The molecule has 1 aliphatic rings. The Morgan fingerprint density at radius 2 is 2.30 bits per heavy atom. The van der Waals surface area contributed by atoms with Gasteiger partial charge < -0.3 is 14.5 Å². The maximum absolute atomic E-state index is 12.0. The van der Waals surface area contributed by atoms with E-state index >= 15 is 0 Å². The van der Waals surface area contributed by atoms with Crippen LogP contribution in [0.2, 0.25) is 0 Å². The van der Waals surface area contributed by atoms with Crippen LogP contribution >= 0.6 is 12.4 Å². The van der Waals surface area contributed by atoms with Crippen molar-refractivity contribution in [2.24, 2.45) is 0 Å². The summed E-state index contributed by atoms with van der Waals surface area (Å²) in [4.78, 5) is 11.2. The SMILES string of the molecule is COC(=O)c1coc(S(=O)(=O)NC2CCCNC2)c1.Cl. The molecule has 2 rings (SSSR count). The first-order chi connectivity index (χ1) is 9.03. The van der Waals surface area contributed by atoms with E-state index in [0.717, 1.165) is 31.7 Å². The van der Waals surface area contributed by atoms with Crippen LogP contribution in [0.15, 0.2) is 21.8 Å². The van der Waals surface area contributed by atoms with Crippen LogP contribution in [0.25, 0.3) is 0 Å². The first-order valence-corrected chi connectivity index (χ1v) is 7.41. The molecule has 0 aliphatic carbocycles. The first kappa shape index (κ1) is 17.0. The zero-order valence-electron chi connectivity index (χ0n) is 10.9. The summed E-state index contributed by atoms with van der Waals surface area (Å²) in [5.74, 6) is -0.635. The van der Waals surface area contributed by atoms with E-state index in [1.165, 1.54) is 7.11 Å². The lowest BCUT2D eigenvalue weighted by Gasteiger charge is -2.22. The quantitative estimate of drug-likeness (QED) is 0.784. The molecule has 1 aliphatic heterocycles. The fraction of sp³-hybridized carbons (Fsp3) is 0.545. The van der Waals surface area contributed by atoms with E-state index in [9.17, 15) is 13.2 Å². The summed E-state index contributed by atoms with van der Waals surface area (Å²) in [6, 6.07) is 0.996. The largest absolute Gasteiger partial charge is 0.465 e. The van der Waals surface area contributed by atoms with Gasteiger partial charge in [0.25, 0.3) is 10.0 Å². The number of halogens is 1. The normalized spacial score (nSPS) is 19.1. The zero-order chi connectivity index (χ0) is 13.9. The molecule has 20 heavy (non-hydrogen) atoms. The van der Waals surface area contributed by atoms with Crippen LogP contribution in [0.4, 0.5) is 0 Å². The van der Waals surface area contributed by atoms with E-state index in [2.05, 4.69) is 14.8 Å². The highest BCUT2D eigenvalue weighted by Crippen LogP contribution is 2.16. The van der Waals surface area contributed by atoms with Crippen molar-refractivity contribution in [3.8, 4) is 0 Å². The Bertz CT molecular complexity index is 551. The number of piperidine rings is 1. The Balaban J connectivity index is 0.00000200. The number of ether oxygens (including phenoxy) is 1. The number of furan rings is 1. The Kier molecular flexibility index (Phi) is 6.00. The third kappa shape index (κ3) is 3.95. The van der Waals surface area contributed by atoms with Gasteiger partial charge in [-0.2, -0.15) is 0 Å². The van der Waals surface area contributed by atoms with Crippen LogP contribution < -0.4 is 10.0 Å². The van der Waals surface area contributed by atoms with Gasteiger partial charge in [0.1, 0.15) is 6.26 Å². The lowest BCUT2D eigenvalue weighted by molar-refractivity contribution is 0.0600. The highest BCUT2D eigenvalue weighted by Gasteiger charge is 2.25. The average molecular weight is 325 g/mol. The summed E-state index contributed by atoms with van der Waals surface area (Å²) in [6.45, 7) is 1.48. The van der Waals surface area contributed by atoms with Gasteiger partial charge in [-0.05, 0) is 19.4 Å². The van der Waals surface area contributed by atoms with Gasteiger partial charge >= 0.3 is 5.97 Å². The van der Waals surface area contributed by atoms with Crippen LogP contribution in [-0.2, 0) is 14.8 Å². The number of hydrogen-bond donors (Lipinski definition) is 2. The number of methoxy groups -OCH3 is 1. The molecule has 2 N–H and O–H groups in total. The lowest BCUT2D eigenvalue weighted by atomic mass is 10.1. The number of esters is 1. The average Bonchev–Trinajstić information content (AvgIpc) is 2.89. The van der Waals surface area contributed by atoms with Crippen LogP contribution in [0.5, 0.6) is 0 Å². The van der Waals surface area contributed by atoms with E-state index < -0.39 is 16.0 Å². The highest BCUT2D eigenvalue weighted by atomic mass is 35.5. The van der Waals surface area contributed by atoms with Crippen molar-refractivity contribution in [3.05, 3.63) is 17.9 Å². The van der Waals surface area contributed by atoms with E-state index in [1.807, 2.05) is 0 Å². The molecule has 0 radical (unpaired) electrons. The summed E-state index contributed by atoms with van der Waals surface area (Å²) in [7, 11) is -2.53. The molecule has 1 aromatic heterocycles. The second-order valence-corrected chi connectivity index (χ2v) is 5.96. The van der Waals surface area contributed by atoms with Crippen molar-refractivity contribution >= 4 is 28.4 Å². The molecule has 2 heterocycles. The van der Waals surface area contributed by atoms with Crippen LogP contribution in [0.1, 0.15) is 23.2 Å². The predicted octanol–water partition coefficient (Wildman–Crippen LogP) is 0.518. The van der Waals surface area contributed by atoms with Gasteiger partial charge in [-0.15, -0.1) is 12.4 Å². The lowest BCUT2D eigenvalue weighted by Crippen LogP contribution is -2.45. The zero-order valence-corrected chi connectivity index (χ0v) is 12.6. The topological polar surface area (TPSA) is 97.6 Å². The van der Waals surface area contributed by atoms with Gasteiger partial charge in [0.2, 0.25) is 5.09 Å². The maximum atomic E-state index is 12.0. The maximum Gasteiger partial charge on any atom is 0.341 e. The molecule has 1 atom stereocenters. The van der Waals surface area contributed by atoms with Crippen molar-refractivity contribution in [1.82, 2.24) is 10.0 Å². The minimum Gasteiger partial charge on any atom is -0.465 e. The Morgan fingerprint density at radius 3 is 2.90 bits per heavy atom. The summed E-state index contributed by atoms with van der Waals surface area (Å²) < 4.78 is 36.0. The summed E-state index contributed by atoms with van der Waals surface area (Å²) in [5.41, 5.74) is 0.0737. The van der Waals surface area contributed by atoms with Gasteiger partial charge in [-0.25, -0.2) is 17.9 Å². The molecule has 1 aromatic rings. The Morgan fingerprint density at radius 1 is 1.55 bits per heavy atom. The van der Waals surface area contributed by atoms with E-state index in [4.69, 9.17) is 4.42 Å². The number of carbonyl (C=O) groups is 1.